The molecule has 1 aliphatic rings. The van der Waals surface area contributed by atoms with Crippen molar-refractivity contribution >= 4 is 27.9 Å². The molecule has 0 fully saturated rings. The average molecular weight is 473 g/mol. The van der Waals surface area contributed by atoms with Gasteiger partial charge in [-0.15, -0.1) is 0 Å². The number of amides is 1. The van der Waals surface area contributed by atoms with E-state index < -0.39 is 5.91 Å². The van der Waals surface area contributed by atoms with Crippen LogP contribution in [0.5, 0.6) is 23.0 Å². The summed E-state index contributed by atoms with van der Waals surface area (Å²) in [5.41, 5.74) is 1.54. The molecular weight excluding hydrogens is 452 g/mol. The SMILES string of the molecule is COc1cc(/C=C(/C#N)C(=O)NC(C)C)c(Br)cc1OCc1ccc2c(c1)OCO2. The fraction of sp³-hybridized carbons (Fsp3) is 0.273. The maximum atomic E-state index is 12.2. The summed E-state index contributed by atoms with van der Waals surface area (Å²) in [7, 11) is 1.53. The van der Waals surface area contributed by atoms with Gasteiger partial charge in [0.2, 0.25) is 6.79 Å². The highest BCUT2D eigenvalue weighted by Crippen LogP contribution is 2.36. The summed E-state index contributed by atoms with van der Waals surface area (Å²) in [5, 5.41) is 12.1. The van der Waals surface area contributed by atoms with Gasteiger partial charge < -0.3 is 24.3 Å². The van der Waals surface area contributed by atoms with E-state index in [1.54, 1.807) is 12.1 Å². The van der Waals surface area contributed by atoms with Crippen molar-refractivity contribution < 1.29 is 23.7 Å². The van der Waals surface area contributed by atoms with Crippen molar-refractivity contribution in [2.45, 2.75) is 26.5 Å². The van der Waals surface area contributed by atoms with Crippen LogP contribution in [0, 0.1) is 11.3 Å². The Balaban J connectivity index is 1.80. The van der Waals surface area contributed by atoms with Gasteiger partial charge >= 0.3 is 0 Å². The maximum absolute atomic E-state index is 12.2. The molecule has 8 heteroatoms. The third-order valence-corrected chi connectivity index (χ3v) is 4.89. The number of halogens is 1. The van der Waals surface area contributed by atoms with Crippen LogP contribution in [0.4, 0.5) is 0 Å². The van der Waals surface area contributed by atoms with Crippen molar-refractivity contribution in [1.82, 2.24) is 5.32 Å². The molecule has 2 aromatic rings. The topological polar surface area (TPSA) is 89.8 Å². The number of nitriles is 1. The lowest BCUT2D eigenvalue weighted by Crippen LogP contribution is -2.30. The number of fused-ring (bicyclic) bond motifs is 1. The van der Waals surface area contributed by atoms with Gasteiger partial charge in [-0.2, -0.15) is 5.26 Å². The Bertz CT molecular complexity index is 1030. The summed E-state index contributed by atoms with van der Waals surface area (Å²) in [5.74, 6) is 1.97. The zero-order valence-corrected chi connectivity index (χ0v) is 18.4. The molecule has 0 radical (unpaired) electrons. The van der Waals surface area contributed by atoms with Gasteiger partial charge in [-0.3, -0.25) is 4.79 Å². The molecule has 0 unspecified atom stereocenters. The van der Waals surface area contributed by atoms with Crippen LogP contribution < -0.4 is 24.3 Å². The van der Waals surface area contributed by atoms with Crippen LogP contribution in [-0.4, -0.2) is 25.9 Å². The second kappa shape index (κ2) is 9.55. The van der Waals surface area contributed by atoms with E-state index in [1.165, 1.54) is 13.2 Å². The number of nitrogens with one attached hydrogen (secondary N) is 1. The van der Waals surface area contributed by atoms with Crippen LogP contribution in [0.3, 0.4) is 0 Å². The van der Waals surface area contributed by atoms with E-state index in [2.05, 4.69) is 21.2 Å². The molecule has 1 heterocycles. The van der Waals surface area contributed by atoms with E-state index in [4.69, 9.17) is 18.9 Å². The predicted octanol–water partition coefficient (Wildman–Crippen LogP) is 4.20. The van der Waals surface area contributed by atoms with Gasteiger partial charge in [0.15, 0.2) is 23.0 Å². The molecule has 2 aromatic carbocycles. The number of hydrogen-bond donors (Lipinski definition) is 1. The van der Waals surface area contributed by atoms with Gasteiger partial charge in [-0.05, 0) is 55.3 Å². The Kier molecular flexibility index (Phi) is 6.85. The first-order valence-electron chi connectivity index (χ1n) is 9.22. The summed E-state index contributed by atoms with van der Waals surface area (Å²) in [6.07, 6.45) is 1.51. The quantitative estimate of drug-likeness (QED) is 0.479. The van der Waals surface area contributed by atoms with E-state index >= 15 is 0 Å². The lowest BCUT2D eigenvalue weighted by Gasteiger charge is -2.13. The van der Waals surface area contributed by atoms with Gasteiger partial charge in [0.05, 0.1) is 7.11 Å². The maximum Gasteiger partial charge on any atom is 0.262 e. The van der Waals surface area contributed by atoms with E-state index in [1.807, 2.05) is 38.1 Å². The number of carbonyl (C=O) groups excluding carboxylic acids is 1. The fourth-order valence-corrected chi connectivity index (χ4v) is 3.21. The van der Waals surface area contributed by atoms with Crippen LogP contribution in [0.15, 0.2) is 40.4 Å². The number of carbonyl (C=O) groups is 1. The Morgan fingerprint density at radius 1 is 1.27 bits per heavy atom. The van der Waals surface area contributed by atoms with E-state index in [9.17, 15) is 10.1 Å². The highest BCUT2D eigenvalue weighted by atomic mass is 79.9. The van der Waals surface area contributed by atoms with Crippen molar-refractivity contribution in [1.29, 1.82) is 5.26 Å². The molecule has 1 aliphatic heterocycles. The molecule has 156 valence electrons. The van der Waals surface area contributed by atoms with E-state index in [-0.39, 0.29) is 18.4 Å². The van der Waals surface area contributed by atoms with Gasteiger partial charge in [0, 0.05) is 10.5 Å². The summed E-state index contributed by atoms with van der Waals surface area (Å²) < 4.78 is 22.7. The zero-order chi connectivity index (χ0) is 21.7. The standard InChI is InChI=1S/C22H21BrN2O5/c1-13(2)25-22(26)16(10-24)7-15-8-19(27-3)21(9-17(15)23)28-11-14-4-5-18-20(6-14)30-12-29-18/h4-9,13H,11-12H2,1-3H3,(H,25,26)/b16-7-. The number of benzene rings is 2. The van der Waals surface area contributed by atoms with Crippen LogP contribution in [0.2, 0.25) is 0 Å². The molecular formula is C22H21BrN2O5. The van der Waals surface area contributed by atoms with Gasteiger partial charge in [-0.25, -0.2) is 0 Å². The summed E-state index contributed by atoms with van der Waals surface area (Å²) >= 11 is 3.48. The van der Waals surface area contributed by atoms with E-state index in [0.717, 1.165) is 5.56 Å². The van der Waals surface area contributed by atoms with Gasteiger partial charge in [0.25, 0.3) is 5.91 Å². The molecule has 0 aliphatic carbocycles. The first-order chi connectivity index (χ1) is 14.4. The monoisotopic (exact) mass is 472 g/mol. The molecule has 1 amide bonds. The predicted molar refractivity (Wildman–Crippen MR) is 114 cm³/mol. The molecule has 0 spiro atoms. The minimum Gasteiger partial charge on any atom is -0.493 e. The fourth-order valence-electron chi connectivity index (χ4n) is 2.77. The minimum absolute atomic E-state index is 0.000446. The summed E-state index contributed by atoms with van der Waals surface area (Å²) in [6, 6.07) is 10.9. The number of rotatable bonds is 7. The second-order valence-electron chi connectivity index (χ2n) is 6.80. The Hall–Kier alpha value is -3.18. The normalized spacial score (nSPS) is 12.5. The van der Waals surface area contributed by atoms with E-state index in [0.29, 0.717) is 39.6 Å². The summed E-state index contributed by atoms with van der Waals surface area (Å²) in [6.45, 7) is 4.18. The molecule has 0 saturated heterocycles. The second-order valence-corrected chi connectivity index (χ2v) is 7.65. The molecule has 7 nitrogen and oxygen atoms in total. The number of hydrogen-bond acceptors (Lipinski definition) is 6. The van der Waals surface area contributed by atoms with Crippen molar-refractivity contribution in [3.05, 3.63) is 51.5 Å². The lowest BCUT2D eigenvalue weighted by molar-refractivity contribution is -0.117. The molecule has 3 rings (SSSR count). The van der Waals surface area contributed by atoms with Crippen molar-refractivity contribution in [2.24, 2.45) is 0 Å². The van der Waals surface area contributed by atoms with Crippen molar-refractivity contribution in [3.8, 4) is 29.1 Å². The summed E-state index contributed by atoms with van der Waals surface area (Å²) in [4.78, 5) is 12.2. The molecule has 0 bridgehead atoms. The molecule has 0 saturated carbocycles. The molecule has 30 heavy (non-hydrogen) atoms. The number of methoxy groups -OCH3 is 1. The molecule has 1 N–H and O–H groups in total. The van der Waals surface area contributed by atoms with Gasteiger partial charge in [0.1, 0.15) is 18.2 Å². The third-order valence-electron chi connectivity index (χ3n) is 4.20. The molecule has 0 atom stereocenters. The number of ether oxygens (including phenoxy) is 4. The number of nitrogens with zero attached hydrogens (tertiary/aromatic N) is 1. The highest BCUT2D eigenvalue weighted by Gasteiger charge is 2.16. The highest BCUT2D eigenvalue weighted by molar-refractivity contribution is 9.10. The Labute approximate surface area is 183 Å². The third kappa shape index (κ3) is 5.05. The Morgan fingerprint density at radius 2 is 2.03 bits per heavy atom. The Morgan fingerprint density at radius 3 is 2.73 bits per heavy atom. The molecule has 0 aromatic heterocycles. The van der Waals surface area contributed by atoms with Crippen LogP contribution in [0.25, 0.3) is 6.08 Å². The average Bonchev–Trinajstić information content (AvgIpc) is 3.18. The van der Waals surface area contributed by atoms with Crippen LogP contribution in [-0.2, 0) is 11.4 Å². The zero-order valence-electron chi connectivity index (χ0n) is 16.8. The smallest absolute Gasteiger partial charge is 0.262 e. The largest absolute Gasteiger partial charge is 0.493 e. The van der Waals surface area contributed by atoms with Crippen LogP contribution >= 0.6 is 15.9 Å². The van der Waals surface area contributed by atoms with Crippen LogP contribution in [0.1, 0.15) is 25.0 Å². The van der Waals surface area contributed by atoms with Crippen molar-refractivity contribution in [3.63, 3.8) is 0 Å². The van der Waals surface area contributed by atoms with Gasteiger partial charge in [-0.1, -0.05) is 22.0 Å². The first kappa shape index (κ1) is 21.5. The van der Waals surface area contributed by atoms with Crippen molar-refractivity contribution in [2.75, 3.05) is 13.9 Å². The minimum atomic E-state index is -0.429. The lowest BCUT2D eigenvalue weighted by atomic mass is 10.1. The first-order valence-corrected chi connectivity index (χ1v) is 10.0.